The summed E-state index contributed by atoms with van der Waals surface area (Å²) in [5, 5.41) is 11.1. The molecule has 146 valence electrons. The molecule has 0 radical (unpaired) electrons. The minimum atomic E-state index is -0.371. The molecule has 0 unspecified atom stereocenters. The zero-order valence-corrected chi connectivity index (χ0v) is 18.1. The van der Waals surface area contributed by atoms with E-state index >= 15 is 0 Å². The third-order valence-corrected chi connectivity index (χ3v) is 5.85. The molecule has 6 nitrogen and oxygen atoms in total. The monoisotopic (exact) mass is 509 g/mol. The lowest BCUT2D eigenvalue weighted by Crippen LogP contribution is -2.45. The van der Waals surface area contributed by atoms with Gasteiger partial charge in [0.25, 0.3) is 5.91 Å². The van der Waals surface area contributed by atoms with Crippen molar-refractivity contribution in [2.24, 2.45) is 5.92 Å². The molecule has 0 spiro atoms. The van der Waals surface area contributed by atoms with Gasteiger partial charge < -0.3 is 0 Å². The number of halogens is 3. The van der Waals surface area contributed by atoms with E-state index < -0.39 is 0 Å². The number of nitrogens with zero attached hydrogens (tertiary/aromatic N) is 4. The summed E-state index contributed by atoms with van der Waals surface area (Å²) in [7, 11) is 0. The highest BCUT2D eigenvalue weighted by atomic mass is 79.9. The number of rotatable bonds is 6. The van der Waals surface area contributed by atoms with Crippen molar-refractivity contribution in [3.63, 3.8) is 0 Å². The first-order chi connectivity index (χ1) is 13.5. The van der Waals surface area contributed by atoms with Gasteiger partial charge in [-0.3, -0.25) is 15.2 Å². The van der Waals surface area contributed by atoms with Gasteiger partial charge in [-0.2, -0.15) is 10.2 Å². The summed E-state index contributed by atoms with van der Waals surface area (Å²) in [5.74, 6) is 0.124. The average Bonchev–Trinajstić information content (AvgIpc) is 3.21. The smallest absolute Gasteiger partial charge is 0.267 e. The predicted molar refractivity (Wildman–Crippen MR) is 110 cm³/mol. The van der Waals surface area contributed by atoms with Gasteiger partial charge in [-0.15, -0.1) is 0 Å². The van der Waals surface area contributed by atoms with Crippen molar-refractivity contribution in [2.45, 2.75) is 31.0 Å². The standard InChI is InChI=1S/C19H18Br2FN5O/c20-8-14-7-13(5-6-16(14)22)19(28)26-27(11-12-3-1-2-4-12)18-15(21)10-24-17(9-23)25-18/h5-7,10,12H,1-4,8,11H2,(H,26,28). The number of nitrogens with one attached hydrogen (secondary N) is 1. The lowest BCUT2D eigenvalue weighted by Gasteiger charge is -2.28. The van der Waals surface area contributed by atoms with E-state index in [0.717, 1.165) is 25.7 Å². The highest BCUT2D eigenvalue weighted by Gasteiger charge is 2.24. The largest absolute Gasteiger partial charge is 0.269 e. The molecule has 1 fully saturated rings. The Labute approximate surface area is 179 Å². The van der Waals surface area contributed by atoms with Crippen LogP contribution in [0.15, 0.2) is 28.9 Å². The Bertz CT molecular complexity index is 912. The molecule has 1 amide bonds. The summed E-state index contributed by atoms with van der Waals surface area (Å²) >= 11 is 6.63. The maximum Gasteiger partial charge on any atom is 0.269 e. The normalized spacial score (nSPS) is 13.9. The molecule has 1 aromatic heterocycles. The van der Waals surface area contributed by atoms with Crippen molar-refractivity contribution in [1.29, 1.82) is 5.26 Å². The van der Waals surface area contributed by atoms with E-state index in [1.54, 1.807) is 5.01 Å². The fraction of sp³-hybridized carbons (Fsp3) is 0.368. The molecule has 1 saturated carbocycles. The Morgan fingerprint density at radius 2 is 2.14 bits per heavy atom. The lowest BCUT2D eigenvalue weighted by molar-refractivity contribution is 0.0946. The minimum Gasteiger partial charge on any atom is -0.267 e. The van der Waals surface area contributed by atoms with Gasteiger partial charge in [0, 0.05) is 23.6 Å². The van der Waals surface area contributed by atoms with Crippen LogP contribution >= 0.6 is 31.9 Å². The first kappa shape index (κ1) is 20.7. The van der Waals surface area contributed by atoms with Crippen LogP contribution < -0.4 is 10.4 Å². The molecule has 0 atom stereocenters. The first-order valence-corrected chi connectivity index (χ1v) is 10.8. The van der Waals surface area contributed by atoms with Crippen molar-refractivity contribution < 1.29 is 9.18 Å². The molecule has 1 aromatic carbocycles. The molecule has 9 heteroatoms. The summed E-state index contributed by atoms with van der Waals surface area (Å²) in [6.07, 6.45) is 5.96. The van der Waals surface area contributed by atoms with Gasteiger partial charge in [0.05, 0.1) is 4.47 Å². The van der Waals surface area contributed by atoms with E-state index in [4.69, 9.17) is 5.26 Å². The quantitative estimate of drug-likeness (QED) is 0.457. The van der Waals surface area contributed by atoms with Crippen LogP contribution in [0.2, 0.25) is 0 Å². The van der Waals surface area contributed by atoms with Crippen LogP contribution in [0.3, 0.4) is 0 Å². The summed E-state index contributed by atoms with van der Waals surface area (Å²) < 4.78 is 14.3. The van der Waals surface area contributed by atoms with Crippen LogP contribution in [0.5, 0.6) is 0 Å². The molecule has 1 aliphatic carbocycles. The molecule has 1 N–H and O–H groups in total. The van der Waals surface area contributed by atoms with Gasteiger partial charge in [-0.05, 0) is 58.5 Å². The van der Waals surface area contributed by atoms with Crippen molar-refractivity contribution in [3.05, 3.63) is 51.6 Å². The summed E-state index contributed by atoms with van der Waals surface area (Å²) in [6.45, 7) is 0.568. The predicted octanol–water partition coefficient (Wildman–Crippen LogP) is 4.49. The lowest BCUT2D eigenvalue weighted by atomic mass is 10.1. The molecular weight excluding hydrogens is 493 g/mol. The Morgan fingerprint density at radius 3 is 2.82 bits per heavy atom. The summed E-state index contributed by atoms with van der Waals surface area (Å²) in [4.78, 5) is 21.0. The Kier molecular flexibility index (Phi) is 6.97. The molecule has 1 aliphatic rings. The number of nitriles is 1. The minimum absolute atomic E-state index is 0.0206. The average molecular weight is 511 g/mol. The van der Waals surface area contributed by atoms with E-state index in [1.165, 1.54) is 24.4 Å². The number of carbonyl (C=O) groups excluding carboxylic acids is 1. The van der Waals surface area contributed by atoms with Gasteiger partial charge in [0.2, 0.25) is 5.82 Å². The molecule has 0 bridgehead atoms. The number of amides is 1. The van der Waals surface area contributed by atoms with Gasteiger partial charge in [0.1, 0.15) is 11.9 Å². The van der Waals surface area contributed by atoms with E-state index in [1.807, 2.05) is 6.07 Å². The second kappa shape index (κ2) is 9.43. The van der Waals surface area contributed by atoms with Gasteiger partial charge >= 0.3 is 0 Å². The summed E-state index contributed by atoms with van der Waals surface area (Å²) in [6, 6.07) is 6.16. The highest BCUT2D eigenvalue weighted by Crippen LogP contribution is 2.29. The number of benzene rings is 1. The van der Waals surface area contributed by atoms with Crippen molar-refractivity contribution in [3.8, 4) is 6.07 Å². The Balaban J connectivity index is 1.89. The van der Waals surface area contributed by atoms with Gasteiger partial charge in [-0.25, -0.2) is 9.37 Å². The van der Waals surface area contributed by atoms with Crippen LogP contribution in [-0.2, 0) is 5.33 Å². The maximum atomic E-state index is 13.7. The van der Waals surface area contributed by atoms with Crippen LogP contribution in [0.25, 0.3) is 0 Å². The molecule has 2 aromatic rings. The van der Waals surface area contributed by atoms with Gasteiger partial charge in [-0.1, -0.05) is 28.8 Å². The fourth-order valence-electron chi connectivity index (χ4n) is 3.24. The number of hydrazine groups is 1. The molecule has 3 rings (SSSR count). The highest BCUT2D eigenvalue weighted by molar-refractivity contribution is 9.10. The molecule has 0 saturated heterocycles. The van der Waals surface area contributed by atoms with E-state index in [-0.39, 0.29) is 17.5 Å². The number of hydrogen-bond acceptors (Lipinski definition) is 5. The molecular formula is C19H18Br2FN5O. The van der Waals surface area contributed by atoms with Crippen molar-refractivity contribution in [2.75, 3.05) is 11.6 Å². The maximum absolute atomic E-state index is 13.7. The topological polar surface area (TPSA) is 81.9 Å². The van der Waals surface area contributed by atoms with Crippen LogP contribution in [0.4, 0.5) is 10.2 Å². The number of anilines is 1. The third-order valence-electron chi connectivity index (χ3n) is 4.69. The van der Waals surface area contributed by atoms with Crippen molar-refractivity contribution >= 4 is 43.6 Å². The van der Waals surface area contributed by atoms with Crippen LogP contribution in [0.1, 0.15) is 47.4 Å². The van der Waals surface area contributed by atoms with Crippen LogP contribution in [-0.4, -0.2) is 22.4 Å². The van der Waals surface area contributed by atoms with E-state index in [2.05, 4.69) is 47.3 Å². The third kappa shape index (κ3) is 4.86. The molecule has 0 aliphatic heterocycles. The van der Waals surface area contributed by atoms with Gasteiger partial charge in [0.15, 0.2) is 5.82 Å². The zero-order chi connectivity index (χ0) is 20.1. The SMILES string of the molecule is N#Cc1ncc(Br)c(N(CC2CCCC2)NC(=O)c2ccc(F)c(CBr)c2)n1. The zero-order valence-electron chi connectivity index (χ0n) is 15.0. The van der Waals surface area contributed by atoms with Crippen molar-refractivity contribution in [1.82, 2.24) is 15.4 Å². The number of aromatic nitrogens is 2. The molecule has 1 heterocycles. The molecule has 28 heavy (non-hydrogen) atoms. The second-order valence-corrected chi connectivity index (χ2v) is 8.03. The second-order valence-electron chi connectivity index (χ2n) is 6.62. The Morgan fingerprint density at radius 1 is 1.39 bits per heavy atom. The van der Waals surface area contributed by atoms with Crippen LogP contribution in [0, 0.1) is 23.1 Å². The fourth-order valence-corrected chi connectivity index (χ4v) is 4.08. The number of alkyl halides is 1. The first-order valence-electron chi connectivity index (χ1n) is 8.87. The number of hydrogen-bond donors (Lipinski definition) is 1. The number of carbonyl (C=O) groups is 1. The van der Waals surface area contributed by atoms with E-state index in [0.29, 0.717) is 39.2 Å². The summed E-state index contributed by atoms with van der Waals surface area (Å²) in [5.41, 5.74) is 3.62. The van der Waals surface area contributed by atoms with E-state index in [9.17, 15) is 9.18 Å². The Hall–Kier alpha value is -2.05.